The van der Waals surface area contributed by atoms with Crippen LogP contribution in [0.25, 0.3) is 5.69 Å². The van der Waals surface area contributed by atoms with Crippen molar-refractivity contribution in [3.8, 4) is 5.69 Å². The average molecular weight is 329 g/mol. The van der Waals surface area contributed by atoms with Crippen molar-refractivity contribution in [2.75, 3.05) is 6.54 Å². The van der Waals surface area contributed by atoms with Gasteiger partial charge in [-0.05, 0) is 37.5 Å². The topological polar surface area (TPSA) is 55.9 Å². The molecule has 1 aliphatic rings. The molecule has 0 spiro atoms. The molecule has 3 N–H and O–H groups in total. The maximum absolute atomic E-state index is 13.7. The molecule has 1 aliphatic carbocycles. The van der Waals surface area contributed by atoms with Crippen LogP contribution in [-0.2, 0) is 6.54 Å². The lowest BCUT2D eigenvalue weighted by molar-refractivity contribution is 0.238. The van der Waals surface area contributed by atoms with Gasteiger partial charge in [0.05, 0.1) is 5.69 Å². The van der Waals surface area contributed by atoms with Gasteiger partial charge in [0.2, 0.25) is 0 Å². The monoisotopic (exact) mass is 328 g/mol. The molecule has 120 valence electrons. The Labute approximate surface area is 134 Å². The Morgan fingerprint density at radius 1 is 1.27 bits per heavy atom. The van der Waals surface area contributed by atoms with Crippen molar-refractivity contribution in [2.24, 2.45) is 5.73 Å². The Balaban J connectivity index is 0.00000176. The first kappa shape index (κ1) is 16.9. The summed E-state index contributed by atoms with van der Waals surface area (Å²) in [6.45, 7) is 1.33. The number of nitrogens with one attached hydrogen (secondary N) is 1. The Kier molecular flexibility index (Phi) is 5.16. The fraction of sp³-hybridized carbons (Fsp3) is 0.400. The zero-order chi connectivity index (χ0) is 14.9. The van der Waals surface area contributed by atoms with E-state index in [1.54, 1.807) is 12.3 Å². The third-order valence-electron chi connectivity index (χ3n) is 3.93. The molecule has 22 heavy (non-hydrogen) atoms. The van der Waals surface area contributed by atoms with Crippen LogP contribution in [0.5, 0.6) is 0 Å². The molecule has 1 aromatic carbocycles. The highest BCUT2D eigenvalue weighted by Crippen LogP contribution is 2.28. The zero-order valence-electron chi connectivity index (χ0n) is 12.1. The predicted octanol–water partition coefficient (Wildman–Crippen LogP) is 2.54. The Morgan fingerprint density at radius 2 is 2.05 bits per heavy atom. The van der Waals surface area contributed by atoms with E-state index in [0.717, 1.165) is 31.1 Å². The molecule has 7 heteroatoms. The van der Waals surface area contributed by atoms with E-state index in [9.17, 15) is 8.78 Å². The van der Waals surface area contributed by atoms with Gasteiger partial charge >= 0.3 is 0 Å². The van der Waals surface area contributed by atoms with Crippen LogP contribution in [-0.4, -0.2) is 21.9 Å². The number of nitrogens with two attached hydrogens (primary N) is 1. The fourth-order valence-corrected chi connectivity index (χ4v) is 2.50. The SMILES string of the molecule is Cl.NC1(CNCc2ccn(-c3ccc(F)cc3F)n2)CCC1. The highest BCUT2D eigenvalue weighted by atomic mass is 35.5. The summed E-state index contributed by atoms with van der Waals surface area (Å²) in [5, 5.41) is 7.56. The van der Waals surface area contributed by atoms with Crippen molar-refractivity contribution >= 4 is 12.4 Å². The van der Waals surface area contributed by atoms with Crippen molar-refractivity contribution in [1.29, 1.82) is 0 Å². The molecule has 1 fully saturated rings. The minimum Gasteiger partial charge on any atom is -0.324 e. The van der Waals surface area contributed by atoms with Crippen LogP contribution in [0.3, 0.4) is 0 Å². The summed E-state index contributed by atoms with van der Waals surface area (Å²) >= 11 is 0. The third-order valence-corrected chi connectivity index (χ3v) is 3.93. The van der Waals surface area contributed by atoms with Crippen LogP contribution >= 0.6 is 12.4 Å². The highest BCUT2D eigenvalue weighted by molar-refractivity contribution is 5.85. The maximum Gasteiger partial charge on any atom is 0.151 e. The minimum absolute atomic E-state index is 0. The van der Waals surface area contributed by atoms with Gasteiger partial charge in [0, 0.05) is 30.9 Å². The summed E-state index contributed by atoms with van der Waals surface area (Å²) < 4.78 is 28.0. The number of halogens is 3. The first-order valence-corrected chi connectivity index (χ1v) is 7.05. The summed E-state index contributed by atoms with van der Waals surface area (Å²) in [6, 6.07) is 5.24. The predicted molar refractivity (Wildman–Crippen MR) is 83.2 cm³/mol. The van der Waals surface area contributed by atoms with E-state index in [0.29, 0.717) is 6.54 Å². The van der Waals surface area contributed by atoms with Gasteiger partial charge in [0.1, 0.15) is 11.5 Å². The molecule has 1 aromatic heterocycles. The number of hydrogen-bond donors (Lipinski definition) is 2. The molecule has 2 aromatic rings. The molecular formula is C15H19ClF2N4. The van der Waals surface area contributed by atoms with Gasteiger partial charge in [-0.3, -0.25) is 0 Å². The maximum atomic E-state index is 13.7. The normalized spacial score (nSPS) is 16.0. The molecule has 0 aliphatic heterocycles. The molecule has 3 rings (SSSR count). The van der Waals surface area contributed by atoms with E-state index in [-0.39, 0.29) is 23.6 Å². The van der Waals surface area contributed by atoms with Crippen molar-refractivity contribution in [2.45, 2.75) is 31.3 Å². The Bertz CT molecular complexity index is 640. The summed E-state index contributed by atoms with van der Waals surface area (Å²) in [4.78, 5) is 0. The molecular weight excluding hydrogens is 310 g/mol. The first-order valence-electron chi connectivity index (χ1n) is 7.05. The van der Waals surface area contributed by atoms with E-state index in [4.69, 9.17) is 5.73 Å². The van der Waals surface area contributed by atoms with E-state index in [1.165, 1.54) is 23.2 Å². The standard InChI is InChI=1S/C15H18F2N4.ClH/c16-11-2-3-14(13(17)8-11)21-7-4-12(20-21)9-19-10-15(18)5-1-6-15;/h2-4,7-8,19H,1,5-6,9-10,18H2;1H. The van der Waals surface area contributed by atoms with E-state index in [2.05, 4.69) is 10.4 Å². The first-order chi connectivity index (χ1) is 10.1. The average Bonchev–Trinajstić information content (AvgIpc) is 2.85. The van der Waals surface area contributed by atoms with Gasteiger partial charge in [-0.2, -0.15) is 5.10 Å². The van der Waals surface area contributed by atoms with Gasteiger partial charge in [0.15, 0.2) is 5.82 Å². The van der Waals surface area contributed by atoms with E-state index < -0.39 is 11.6 Å². The van der Waals surface area contributed by atoms with Gasteiger partial charge in [0.25, 0.3) is 0 Å². The van der Waals surface area contributed by atoms with Crippen LogP contribution in [0, 0.1) is 11.6 Å². The molecule has 1 saturated carbocycles. The summed E-state index contributed by atoms with van der Waals surface area (Å²) in [7, 11) is 0. The highest BCUT2D eigenvalue weighted by Gasteiger charge is 2.31. The zero-order valence-corrected chi connectivity index (χ0v) is 12.9. The smallest absolute Gasteiger partial charge is 0.151 e. The third kappa shape index (κ3) is 3.63. The summed E-state index contributed by atoms with van der Waals surface area (Å²) in [5.41, 5.74) is 7.07. The van der Waals surface area contributed by atoms with Crippen LogP contribution < -0.4 is 11.1 Å². The van der Waals surface area contributed by atoms with E-state index >= 15 is 0 Å². The van der Waals surface area contributed by atoms with Crippen LogP contribution in [0.1, 0.15) is 25.0 Å². The Morgan fingerprint density at radius 3 is 2.68 bits per heavy atom. The quantitative estimate of drug-likeness (QED) is 0.887. The summed E-state index contributed by atoms with van der Waals surface area (Å²) in [5.74, 6) is -1.23. The number of hydrogen-bond acceptors (Lipinski definition) is 3. The van der Waals surface area contributed by atoms with Gasteiger partial charge in [-0.25, -0.2) is 13.5 Å². The molecule has 0 radical (unpaired) electrons. The molecule has 0 bridgehead atoms. The van der Waals surface area contributed by atoms with Crippen LogP contribution in [0.4, 0.5) is 8.78 Å². The van der Waals surface area contributed by atoms with Crippen molar-refractivity contribution in [1.82, 2.24) is 15.1 Å². The van der Waals surface area contributed by atoms with Crippen molar-refractivity contribution in [3.63, 3.8) is 0 Å². The summed E-state index contributed by atoms with van der Waals surface area (Å²) in [6.07, 6.45) is 4.95. The second-order valence-corrected chi connectivity index (χ2v) is 5.67. The molecule has 0 saturated heterocycles. The van der Waals surface area contributed by atoms with Gasteiger partial charge in [-0.15, -0.1) is 12.4 Å². The van der Waals surface area contributed by atoms with Crippen LogP contribution in [0.15, 0.2) is 30.5 Å². The molecule has 0 atom stereocenters. The van der Waals surface area contributed by atoms with Crippen molar-refractivity contribution < 1.29 is 8.78 Å². The minimum atomic E-state index is -0.631. The largest absolute Gasteiger partial charge is 0.324 e. The number of nitrogens with zero attached hydrogens (tertiary/aromatic N) is 2. The van der Waals surface area contributed by atoms with Gasteiger partial charge in [-0.1, -0.05) is 0 Å². The lowest BCUT2D eigenvalue weighted by Gasteiger charge is -2.38. The lowest BCUT2D eigenvalue weighted by atomic mass is 9.78. The van der Waals surface area contributed by atoms with E-state index in [1.807, 2.05) is 0 Å². The fourth-order valence-electron chi connectivity index (χ4n) is 2.50. The molecule has 0 unspecified atom stereocenters. The molecule has 0 amide bonds. The van der Waals surface area contributed by atoms with Crippen LogP contribution in [0.2, 0.25) is 0 Å². The Hall–Kier alpha value is -1.50. The molecule has 4 nitrogen and oxygen atoms in total. The number of benzene rings is 1. The van der Waals surface area contributed by atoms with Crippen molar-refractivity contribution in [3.05, 3.63) is 47.8 Å². The number of aromatic nitrogens is 2. The second-order valence-electron chi connectivity index (χ2n) is 5.67. The van der Waals surface area contributed by atoms with Gasteiger partial charge < -0.3 is 11.1 Å². The second kappa shape index (κ2) is 6.73. The lowest BCUT2D eigenvalue weighted by Crippen LogP contribution is -2.53. The molecule has 1 heterocycles. The number of rotatable bonds is 5.